The van der Waals surface area contributed by atoms with Crippen molar-refractivity contribution in [1.82, 2.24) is 9.55 Å². The summed E-state index contributed by atoms with van der Waals surface area (Å²) in [5.74, 6) is -1.66. The minimum atomic E-state index is -2.84. The molecule has 1 aliphatic heterocycles. The fourth-order valence-electron chi connectivity index (χ4n) is 3.65. The monoisotopic (exact) mass is 433 g/mol. The van der Waals surface area contributed by atoms with E-state index in [4.69, 9.17) is 16.3 Å². The number of carbonyl (C=O) groups is 2. The number of para-hydroxylation sites is 3. The maximum atomic E-state index is 13.6. The topological polar surface area (TPSA) is 64.4 Å². The Kier molecular flexibility index (Phi) is 5.42. The van der Waals surface area contributed by atoms with Crippen LogP contribution in [-0.4, -0.2) is 28.0 Å². The first-order valence-electron chi connectivity index (χ1n) is 9.37. The molecule has 0 saturated carbocycles. The SMILES string of the molecule is CC(OC(=O)C1CC(=O)N(c2ccccc2Cl)C1)c1nc2ccccc2n1C(F)F. The summed E-state index contributed by atoms with van der Waals surface area (Å²) in [5, 5.41) is 0.402. The Morgan fingerprint density at radius 2 is 1.90 bits per heavy atom. The second-order valence-electron chi connectivity index (χ2n) is 7.04. The standard InChI is InChI=1S/C21H18ClF2N3O3/c1-12(19-25-15-7-3-5-9-17(15)27(19)21(23)24)30-20(29)13-10-18(28)26(11-13)16-8-4-2-6-14(16)22/h2-9,12-13,21H,10-11H2,1H3. The minimum absolute atomic E-state index is 0.0396. The molecule has 6 nitrogen and oxygen atoms in total. The van der Waals surface area contributed by atoms with Gasteiger partial charge in [0.25, 0.3) is 0 Å². The van der Waals surface area contributed by atoms with E-state index in [1.807, 2.05) is 0 Å². The van der Waals surface area contributed by atoms with Crippen molar-refractivity contribution in [3.05, 3.63) is 59.4 Å². The largest absolute Gasteiger partial charge is 0.454 e. The number of alkyl halides is 2. The first-order chi connectivity index (χ1) is 14.4. The lowest BCUT2D eigenvalue weighted by molar-refractivity contribution is -0.154. The Hall–Kier alpha value is -3.00. The lowest BCUT2D eigenvalue weighted by Gasteiger charge is -2.19. The van der Waals surface area contributed by atoms with Crippen LogP contribution in [0.3, 0.4) is 0 Å². The first kappa shape index (κ1) is 20.3. The molecule has 0 spiro atoms. The van der Waals surface area contributed by atoms with Crippen LogP contribution in [0.15, 0.2) is 48.5 Å². The number of aromatic nitrogens is 2. The molecule has 2 heterocycles. The third-order valence-corrected chi connectivity index (χ3v) is 5.40. The molecule has 9 heteroatoms. The fourth-order valence-corrected chi connectivity index (χ4v) is 3.88. The number of halogens is 3. The second kappa shape index (κ2) is 8.02. The molecule has 0 N–H and O–H groups in total. The molecule has 1 amide bonds. The summed E-state index contributed by atoms with van der Waals surface area (Å²) in [6, 6.07) is 13.3. The molecule has 3 aromatic rings. The number of rotatable bonds is 5. The van der Waals surface area contributed by atoms with Crippen molar-refractivity contribution in [2.75, 3.05) is 11.4 Å². The highest BCUT2D eigenvalue weighted by atomic mass is 35.5. The summed E-state index contributed by atoms with van der Waals surface area (Å²) in [7, 11) is 0. The van der Waals surface area contributed by atoms with Gasteiger partial charge in [-0.3, -0.25) is 14.2 Å². The molecular weight excluding hydrogens is 416 g/mol. The van der Waals surface area contributed by atoms with Gasteiger partial charge >= 0.3 is 12.5 Å². The molecule has 1 fully saturated rings. The van der Waals surface area contributed by atoms with E-state index in [2.05, 4.69) is 4.98 Å². The van der Waals surface area contributed by atoms with Crippen LogP contribution in [0.2, 0.25) is 5.02 Å². The lowest BCUT2D eigenvalue weighted by atomic mass is 10.1. The number of fused-ring (bicyclic) bond motifs is 1. The number of nitrogens with zero attached hydrogens (tertiary/aromatic N) is 3. The zero-order valence-corrected chi connectivity index (χ0v) is 16.7. The van der Waals surface area contributed by atoms with Crippen molar-refractivity contribution >= 4 is 40.2 Å². The van der Waals surface area contributed by atoms with E-state index < -0.39 is 24.5 Å². The van der Waals surface area contributed by atoms with Crippen molar-refractivity contribution in [2.24, 2.45) is 5.92 Å². The number of imidazole rings is 1. The summed E-state index contributed by atoms with van der Waals surface area (Å²) in [4.78, 5) is 30.7. The van der Waals surface area contributed by atoms with E-state index in [1.54, 1.807) is 42.5 Å². The molecule has 1 saturated heterocycles. The van der Waals surface area contributed by atoms with Crippen LogP contribution in [-0.2, 0) is 14.3 Å². The van der Waals surface area contributed by atoms with Gasteiger partial charge in [-0.05, 0) is 31.2 Å². The third kappa shape index (κ3) is 3.63. The van der Waals surface area contributed by atoms with Gasteiger partial charge in [-0.2, -0.15) is 8.78 Å². The number of anilines is 1. The van der Waals surface area contributed by atoms with E-state index in [9.17, 15) is 18.4 Å². The Morgan fingerprint density at radius 3 is 2.63 bits per heavy atom. The Bertz CT molecular complexity index is 1120. The van der Waals surface area contributed by atoms with Gasteiger partial charge in [0.05, 0.1) is 27.7 Å². The molecule has 0 radical (unpaired) electrons. The van der Waals surface area contributed by atoms with E-state index in [0.29, 0.717) is 16.2 Å². The van der Waals surface area contributed by atoms with Crippen LogP contribution in [0.5, 0.6) is 0 Å². The first-order valence-corrected chi connectivity index (χ1v) is 9.75. The highest BCUT2D eigenvalue weighted by Gasteiger charge is 2.38. The van der Waals surface area contributed by atoms with Crippen LogP contribution in [0.1, 0.15) is 31.8 Å². The number of esters is 1. The van der Waals surface area contributed by atoms with Gasteiger partial charge in [0.1, 0.15) is 0 Å². The molecule has 1 aliphatic rings. The molecule has 1 aromatic heterocycles. The Balaban J connectivity index is 1.52. The predicted octanol–water partition coefficient (Wildman–Crippen LogP) is 4.74. The molecule has 30 heavy (non-hydrogen) atoms. The van der Waals surface area contributed by atoms with Crippen LogP contribution < -0.4 is 4.90 Å². The summed E-state index contributed by atoms with van der Waals surface area (Å²) in [6.45, 7) is -1.24. The maximum absolute atomic E-state index is 13.6. The van der Waals surface area contributed by atoms with E-state index in [1.165, 1.54) is 17.9 Å². The maximum Gasteiger partial charge on any atom is 0.320 e. The molecule has 2 atom stereocenters. The van der Waals surface area contributed by atoms with E-state index >= 15 is 0 Å². The lowest BCUT2D eigenvalue weighted by Crippen LogP contribution is -2.27. The molecule has 0 bridgehead atoms. The van der Waals surface area contributed by atoms with Gasteiger partial charge < -0.3 is 9.64 Å². The van der Waals surface area contributed by atoms with Crippen LogP contribution in [0.25, 0.3) is 11.0 Å². The van der Waals surface area contributed by atoms with Gasteiger partial charge in [0.2, 0.25) is 5.91 Å². The highest BCUT2D eigenvalue weighted by Crippen LogP contribution is 2.33. The average molecular weight is 434 g/mol. The van der Waals surface area contributed by atoms with E-state index in [-0.39, 0.29) is 30.2 Å². The Labute approximate surface area is 176 Å². The summed E-state index contributed by atoms with van der Waals surface area (Å²) in [6.07, 6.45) is -1.05. The quantitative estimate of drug-likeness (QED) is 0.545. The summed E-state index contributed by atoms with van der Waals surface area (Å²) >= 11 is 6.15. The number of ether oxygens (including phenoxy) is 1. The normalized spacial score (nSPS) is 17.7. The van der Waals surface area contributed by atoms with Gasteiger partial charge in [-0.15, -0.1) is 0 Å². The number of carbonyl (C=O) groups excluding carboxylic acids is 2. The molecule has 2 aromatic carbocycles. The van der Waals surface area contributed by atoms with Crippen molar-refractivity contribution in [1.29, 1.82) is 0 Å². The zero-order chi connectivity index (χ0) is 21.4. The average Bonchev–Trinajstić information content (AvgIpc) is 3.29. The number of hydrogen-bond donors (Lipinski definition) is 0. The van der Waals surface area contributed by atoms with E-state index in [0.717, 1.165) is 4.57 Å². The molecule has 156 valence electrons. The van der Waals surface area contributed by atoms with Gasteiger partial charge in [-0.1, -0.05) is 35.9 Å². The second-order valence-corrected chi connectivity index (χ2v) is 7.45. The molecular formula is C21H18ClF2N3O3. The Morgan fingerprint density at radius 1 is 1.20 bits per heavy atom. The third-order valence-electron chi connectivity index (χ3n) is 5.08. The fraction of sp³-hybridized carbons (Fsp3) is 0.286. The van der Waals surface area contributed by atoms with Crippen molar-refractivity contribution < 1.29 is 23.1 Å². The summed E-state index contributed by atoms with van der Waals surface area (Å²) < 4.78 is 33.5. The number of benzene rings is 2. The predicted molar refractivity (Wildman–Crippen MR) is 107 cm³/mol. The van der Waals surface area contributed by atoms with Crippen molar-refractivity contribution in [2.45, 2.75) is 26.0 Å². The smallest absolute Gasteiger partial charge is 0.320 e. The van der Waals surface area contributed by atoms with Crippen molar-refractivity contribution in [3.63, 3.8) is 0 Å². The van der Waals surface area contributed by atoms with Gasteiger partial charge in [0.15, 0.2) is 11.9 Å². The number of hydrogen-bond acceptors (Lipinski definition) is 4. The molecule has 2 unspecified atom stereocenters. The molecule has 4 rings (SSSR count). The van der Waals surface area contributed by atoms with Crippen LogP contribution >= 0.6 is 11.6 Å². The highest BCUT2D eigenvalue weighted by molar-refractivity contribution is 6.33. The van der Waals surface area contributed by atoms with Gasteiger partial charge in [0, 0.05) is 13.0 Å². The zero-order valence-electron chi connectivity index (χ0n) is 16.0. The van der Waals surface area contributed by atoms with Crippen LogP contribution in [0.4, 0.5) is 14.5 Å². The van der Waals surface area contributed by atoms with Crippen molar-refractivity contribution in [3.8, 4) is 0 Å². The minimum Gasteiger partial charge on any atom is -0.454 e. The molecule has 0 aliphatic carbocycles. The number of amides is 1. The summed E-state index contributed by atoms with van der Waals surface area (Å²) in [5.41, 5.74) is 1.16. The van der Waals surface area contributed by atoms with Gasteiger partial charge in [-0.25, -0.2) is 4.98 Å². The van der Waals surface area contributed by atoms with Crippen LogP contribution in [0, 0.1) is 5.92 Å².